The van der Waals surface area contributed by atoms with Crippen molar-refractivity contribution in [2.75, 3.05) is 0 Å². The Kier molecular flexibility index (Phi) is 3.95. The van der Waals surface area contributed by atoms with Gasteiger partial charge >= 0.3 is 0 Å². The largest absolute Gasteiger partial charge is 0.404 e. The molecular formula is C19H26N4O2. The minimum absolute atomic E-state index is 0.113. The Hall–Kier alpha value is -2.08. The van der Waals surface area contributed by atoms with Gasteiger partial charge in [0.05, 0.1) is 28.6 Å². The van der Waals surface area contributed by atoms with Gasteiger partial charge in [0.1, 0.15) is 0 Å². The predicted molar refractivity (Wildman–Crippen MR) is 95.7 cm³/mol. The Morgan fingerprint density at radius 1 is 1.36 bits per heavy atom. The molecule has 134 valence electrons. The van der Waals surface area contributed by atoms with Gasteiger partial charge in [-0.1, -0.05) is 0 Å². The lowest BCUT2D eigenvalue weighted by molar-refractivity contribution is -0.114. The van der Waals surface area contributed by atoms with E-state index < -0.39 is 11.5 Å². The van der Waals surface area contributed by atoms with E-state index in [1.54, 1.807) is 6.20 Å². The Bertz CT molecular complexity index is 706. The van der Waals surface area contributed by atoms with Crippen LogP contribution in [0.2, 0.25) is 0 Å². The first-order valence-corrected chi connectivity index (χ1v) is 9.15. The maximum Gasteiger partial charge on any atom is 0.252 e. The van der Waals surface area contributed by atoms with Gasteiger partial charge in [-0.15, -0.1) is 0 Å². The summed E-state index contributed by atoms with van der Waals surface area (Å²) < 4.78 is 0. The first-order chi connectivity index (χ1) is 12.0. The molecule has 6 heteroatoms. The first kappa shape index (κ1) is 16.4. The van der Waals surface area contributed by atoms with Crippen LogP contribution >= 0.6 is 0 Å². The van der Waals surface area contributed by atoms with Crippen molar-refractivity contribution in [3.63, 3.8) is 0 Å². The van der Waals surface area contributed by atoms with E-state index >= 15 is 0 Å². The number of carbonyl (C=O) groups is 1. The predicted octanol–water partition coefficient (Wildman–Crippen LogP) is 1.46. The van der Waals surface area contributed by atoms with Crippen molar-refractivity contribution in [1.82, 2.24) is 4.98 Å². The fraction of sp³-hybridized carbons (Fsp3) is 0.579. The number of fused-ring (bicyclic) bond motifs is 1. The number of H-pyrrole nitrogens is 1. The number of carbonyl (C=O) groups excluding carboxylic acids is 1. The molecule has 0 radical (unpaired) electrons. The molecule has 4 unspecified atom stereocenters. The van der Waals surface area contributed by atoms with Crippen LogP contribution in [0.5, 0.6) is 0 Å². The van der Waals surface area contributed by atoms with E-state index in [9.17, 15) is 9.90 Å². The maximum absolute atomic E-state index is 11.9. The molecule has 0 spiro atoms. The third-order valence-electron chi connectivity index (χ3n) is 6.36. The molecule has 0 saturated heterocycles. The van der Waals surface area contributed by atoms with E-state index in [1.807, 2.05) is 12.1 Å². The molecule has 1 aromatic rings. The number of nitrogens with zero attached hydrogens (tertiary/aromatic N) is 1. The van der Waals surface area contributed by atoms with Crippen LogP contribution in [-0.2, 0) is 4.79 Å². The average Bonchev–Trinajstić information content (AvgIpc) is 2.99. The second-order valence-corrected chi connectivity index (χ2v) is 8.03. The Labute approximate surface area is 147 Å². The minimum Gasteiger partial charge on any atom is -0.404 e. The number of aromatic nitrogens is 1. The highest BCUT2D eigenvalue weighted by Gasteiger charge is 2.51. The third kappa shape index (κ3) is 2.88. The summed E-state index contributed by atoms with van der Waals surface area (Å²) >= 11 is 0. The Morgan fingerprint density at radius 2 is 2.08 bits per heavy atom. The number of aliphatic hydroxyl groups is 1. The lowest BCUT2D eigenvalue weighted by atomic mass is 9.63. The highest BCUT2D eigenvalue weighted by atomic mass is 16.3. The van der Waals surface area contributed by atoms with Crippen LogP contribution in [0.4, 0.5) is 0 Å². The molecule has 4 fully saturated rings. The van der Waals surface area contributed by atoms with E-state index in [4.69, 9.17) is 16.5 Å². The second kappa shape index (κ2) is 6.02. The third-order valence-corrected chi connectivity index (χ3v) is 6.36. The molecule has 1 amide bonds. The quantitative estimate of drug-likeness (QED) is 0.490. The van der Waals surface area contributed by atoms with Crippen molar-refractivity contribution >= 4 is 11.6 Å². The van der Waals surface area contributed by atoms with E-state index in [1.165, 1.54) is 6.20 Å². The zero-order valence-corrected chi connectivity index (χ0v) is 14.3. The smallest absolute Gasteiger partial charge is 0.252 e. The molecular weight excluding hydrogens is 316 g/mol. The monoisotopic (exact) mass is 342 g/mol. The van der Waals surface area contributed by atoms with Crippen molar-refractivity contribution in [3.05, 3.63) is 35.8 Å². The summed E-state index contributed by atoms with van der Waals surface area (Å²) in [5.74, 6) is 0.854. The maximum atomic E-state index is 11.9. The number of aromatic amines is 1. The summed E-state index contributed by atoms with van der Waals surface area (Å²) in [5.41, 5.74) is 12.2. The topological polar surface area (TPSA) is 117 Å². The van der Waals surface area contributed by atoms with Crippen molar-refractivity contribution in [3.8, 4) is 0 Å². The molecule has 4 aliphatic rings. The van der Waals surface area contributed by atoms with Gasteiger partial charge in [-0.25, -0.2) is 0 Å². The average molecular weight is 342 g/mol. The van der Waals surface area contributed by atoms with Gasteiger partial charge in [-0.05, 0) is 68.4 Å². The summed E-state index contributed by atoms with van der Waals surface area (Å²) in [6.07, 6.45) is 8.93. The van der Waals surface area contributed by atoms with Crippen molar-refractivity contribution in [2.24, 2.45) is 34.2 Å². The first-order valence-electron chi connectivity index (χ1n) is 9.15. The SMILES string of the molecule is NC=C(C(N)=O)C(=NC1C2CC3CCC(O)(C2)C[C@H]1C3)c1ccc[nH]1. The summed E-state index contributed by atoms with van der Waals surface area (Å²) in [5, 5.41) is 10.9. The van der Waals surface area contributed by atoms with Gasteiger partial charge in [0, 0.05) is 12.4 Å². The van der Waals surface area contributed by atoms with E-state index in [0.29, 0.717) is 23.5 Å². The number of nitrogens with two attached hydrogens (primary N) is 2. The molecule has 1 aromatic heterocycles. The molecule has 25 heavy (non-hydrogen) atoms. The molecule has 1 heterocycles. The molecule has 6 N–H and O–H groups in total. The Balaban J connectivity index is 1.73. The Morgan fingerprint density at radius 3 is 2.64 bits per heavy atom. The highest BCUT2D eigenvalue weighted by Crippen LogP contribution is 2.54. The summed E-state index contributed by atoms with van der Waals surface area (Å²) in [6, 6.07) is 3.85. The number of hydrogen-bond donors (Lipinski definition) is 4. The zero-order chi connectivity index (χ0) is 17.6. The number of nitrogens with one attached hydrogen (secondary N) is 1. The molecule has 5 atom stereocenters. The normalized spacial score (nSPS) is 38.0. The van der Waals surface area contributed by atoms with E-state index in [-0.39, 0.29) is 11.6 Å². The van der Waals surface area contributed by atoms with Gasteiger partial charge in [0.25, 0.3) is 5.91 Å². The van der Waals surface area contributed by atoms with Crippen LogP contribution in [0, 0.1) is 17.8 Å². The fourth-order valence-corrected chi connectivity index (χ4v) is 5.40. The fourth-order valence-electron chi connectivity index (χ4n) is 5.40. The molecule has 4 aliphatic carbocycles. The molecule has 5 rings (SSSR count). The van der Waals surface area contributed by atoms with E-state index in [0.717, 1.165) is 44.2 Å². The van der Waals surface area contributed by atoms with Gasteiger partial charge in [0.2, 0.25) is 0 Å². The summed E-state index contributed by atoms with van der Waals surface area (Å²) in [7, 11) is 0. The molecule has 4 saturated carbocycles. The molecule has 0 aliphatic heterocycles. The molecule has 4 bridgehead atoms. The van der Waals surface area contributed by atoms with Crippen LogP contribution in [0.1, 0.15) is 44.2 Å². The van der Waals surface area contributed by atoms with Crippen LogP contribution in [0.3, 0.4) is 0 Å². The zero-order valence-electron chi connectivity index (χ0n) is 14.3. The number of aliphatic imine (C=N–C) groups is 1. The van der Waals surface area contributed by atoms with Crippen LogP contribution in [-0.4, -0.2) is 33.4 Å². The van der Waals surface area contributed by atoms with Crippen LogP contribution in [0.15, 0.2) is 35.1 Å². The standard InChI is InChI=1S/C19H26N4O2/c20-10-14(18(21)24)17(15-2-1-5-22-15)23-16-12-6-11-3-4-19(25,8-12)9-13(16)7-11/h1-2,5,10-13,16,22,25H,3-4,6-9,20H2,(H2,21,24)/t11?,12-,13?,16?,19?/m1/s1. The van der Waals surface area contributed by atoms with Gasteiger partial charge < -0.3 is 21.6 Å². The van der Waals surface area contributed by atoms with Gasteiger partial charge in [-0.2, -0.15) is 0 Å². The number of hydrogen-bond acceptors (Lipinski definition) is 4. The lowest BCUT2D eigenvalue weighted by Crippen LogP contribution is -2.47. The number of primary amides is 1. The van der Waals surface area contributed by atoms with Gasteiger partial charge in [0.15, 0.2) is 0 Å². The molecule has 6 nitrogen and oxygen atoms in total. The lowest BCUT2D eigenvalue weighted by Gasteiger charge is -2.47. The minimum atomic E-state index is -0.574. The van der Waals surface area contributed by atoms with Gasteiger partial charge in [-0.3, -0.25) is 9.79 Å². The molecule has 0 aromatic carbocycles. The number of rotatable bonds is 4. The summed E-state index contributed by atoms with van der Waals surface area (Å²) in [4.78, 5) is 20.0. The van der Waals surface area contributed by atoms with Crippen molar-refractivity contribution < 1.29 is 9.90 Å². The number of amides is 1. The summed E-state index contributed by atoms with van der Waals surface area (Å²) in [6.45, 7) is 0. The second-order valence-electron chi connectivity index (χ2n) is 8.03. The van der Waals surface area contributed by atoms with E-state index in [2.05, 4.69) is 4.98 Å². The van der Waals surface area contributed by atoms with Crippen LogP contribution < -0.4 is 11.5 Å². The van der Waals surface area contributed by atoms with Crippen molar-refractivity contribution in [2.45, 2.75) is 50.2 Å². The highest BCUT2D eigenvalue weighted by molar-refractivity contribution is 6.27. The van der Waals surface area contributed by atoms with Crippen LogP contribution in [0.25, 0.3) is 0 Å². The van der Waals surface area contributed by atoms with Crippen molar-refractivity contribution in [1.29, 1.82) is 0 Å².